The van der Waals surface area contributed by atoms with Crippen LogP contribution in [0.25, 0.3) is 0 Å². The second kappa shape index (κ2) is 5.32. The Morgan fingerprint density at radius 1 is 1.20 bits per heavy atom. The lowest BCUT2D eigenvalue weighted by Gasteiger charge is -2.20. The average molecular weight is 275 g/mol. The van der Waals surface area contributed by atoms with Gasteiger partial charge in [0.2, 0.25) is 5.89 Å². The maximum Gasteiger partial charge on any atom is 0.228 e. The second-order valence-electron chi connectivity index (χ2n) is 5.65. The van der Waals surface area contributed by atoms with E-state index in [-0.39, 0.29) is 11.4 Å². The molecular weight excluding hydrogens is 257 g/mol. The monoisotopic (exact) mass is 275 g/mol. The molecule has 0 radical (unpaired) electrons. The second-order valence-corrected chi connectivity index (χ2v) is 5.65. The zero-order chi connectivity index (χ0) is 14.0. The molecule has 1 aromatic carbocycles. The molecule has 1 aliphatic carbocycles. The summed E-state index contributed by atoms with van der Waals surface area (Å²) in [5, 5.41) is 3.97. The van der Waals surface area contributed by atoms with Crippen molar-refractivity contribution in [1.29, 1.82) is 0 Å². The third-order valence-corrected chi connectivity index (χ3v) is 3.89. The predicted octanol–water partition coefficient (Wildman–Crippen LogP) is 2.61. The van der Waals surface area contributed by atoms with Crippen LogP contribution in [-0.2, 0) is 12.8 Å². The van der Waals surface area contributed by atoms with Crippen LogP contribution in [0.3, 0.4) is 0 Å². The van der Waals surface area contributed by atoms with E-state index in [1.807, 2.05) is 0 Å². The molecule has 5 heteroatoms. The van der Waals surface area contributed by atoms with Crippen LogP contribution in [0.5, 0.6) is 0 Å². The minimum atomic E-state index is -0.242. The summed E-state index contributed by atoms with van der Waals surface area (Å²) < 4.78 is 18.1. The van der Waals surface area contributed by atoms with Crippen molar-refractivity contribution in [2.24, 2.45) is 5.73 Å². The van der Waals surface area contributed by atoms with E-state index < -0.39 is 0 Å². The van der Waals surface area contributed by atoms with Gasteiger partial charge in [-0.3, -0.25) is 0 Å². The van der Waals surface area contributed by atoms with E-state index in [9.17, 15) is 4.39 Å². The van der Waals surface area contributed by atoms with Crippen LogP contribution in [0.2, 0.25) is 0 Å². The van der Waals surface area contributed by atoms with Gasteiger partial charge in [0.1, 0.15) is 5.82 Å². The summed E-state index contributed by atoms with van der Waals surface area (Å²) in [6, 6.07) is 6.33. The van der Waals surface area contributed by atoms with Gasteiger partial charge in [0, 0.05) is 18.4 Å². The maximum absolute atomic E-state index is 12.8. The Balaban J connectivity index is 1.66. The molecule has 0 amide bonds. The van der Waals surface area contributed by atoms with E-state index in [2.05, 4.69) is 10.1 Å². The van der Waals surface area contributed by atoms with Crippen molar-refractivity contribution in [1.82, 2.24) is 10.1 Å². The number of aromatic nitrogens is 2. The third kappa shape index (κ3) is 3.04. The Bertz CT molecular complexity index is 573. The fourth-order valence-corrected chi connectivity index (χ4v) is 2.78. The number of benzene rings is 1. The SMILES string of the molecule is NC1(Cc2nc(Cc3ccc(F)cc3)no2)CCCC1. The van der Waals surface area contributed by atoms with Crippen molar-refractivity contribution in [2.45, 2.75) is 44.1 Å². The number of hydrogen-bond donors (Lipinski definition) is 1. The van der Waals surface area contributed by atoms with Gasteiger partial charge in [0.25, 0.3) is 0 Å². The Labute approximate surface area is 117 Å². The van der Waals surface area contributed by atoms with Crippen LogP contribution in [0.1, 0.15) is 43.0 Å². The quantitative estimate of drug-likeness (QED) is 0.931. The molecule has 1 heterocycles. The molecular formula is C15H18FN3O. The van der Waals surface area contributed by atoms with Crippen molar-refractivity contribution < 1.29 is 8.91 Å². The predicted molar refractivity (Wildman–Crippen MR) is 72.6 cm³/mol. The Hall–Kier alpha value is -1.75. The van der Waals surface area contributed by atoms with E-state index in [1.54, 1.807) is 12.1 Å². The molecule has 3 rings (SSSR count). The fraction of sp³-hybridized carbons (Fsp3) is 0.467. The smallest absolute Gasteiger partial charge is 0.228 e. The number of nitrogens with zero attached hydrogens (tertiary/aromatic N) is 2. The minimum Gasteiger partial charge on any atom is -0.339 e. The van der Waals surface area contributed by atoms with Gasteiger partial charge >= 0.3 is 0 Å². The summed E-state index contributed by atoms with van der Waals surface area (Å²) in [4.78, 5) is 4.39. The average Bonchev–Trinajstić information content (AvgIpc) is 3.02. The summed E-state index contributed by atoms with van der Waals surface area (Å²) in [6.45, 7) is 0. The standard InChI is InChI=1S/C15H18FN3O/c16-12-5-3-11(4-6-12)9-13-18-14(20-19-13)10-15(17)7-1-2-8-15/h3-6H,1-2,7-10,17H2. The molecule has 1 saturated carbocycles. The lowest BCUT2D eigenvalue weighted by Crippen LogP contribution is -2.38. The van der Waals surface area contributed by atoms with Gasteiger partial charge in [-0.2, -0.15) is 4.98 Å². The number of nitrogens with two attached hydrogens (primary N) is 1. The number of halogens is 1. The first-order valence-electron chi connectivity index (χ1n) is 6.98. The van der Waals surface area contributed by atoms with E-state index in [0.29, 0.717) is 24.6 Å². The van der Waals surface area contributed by atoms with Crippen LogP contribution in [0.15, 0.2) is 28.8 Å². The summed E-state index contributed by atoms with van der Waals surface area (Å²) in [5.41, 5.74) is 7.08. The zero-order valence-corrected chi connectivity index (χ0v) is 11.3. The third-order valence-electron chi connectivity index (χ3n) is 3.89. The largest absolute Gasteiger partial charge is 0.339 e. The Morgan fingerprint density at radius 2 is 1.90 bits per heavy atom. The van der Waals surface area contributed by atoms with E-state index in [0.717, 1.165) is 18.4 Å². The molecule has 1 aliphatic rings. The van der Waals surface area contributed by atoms with Gasteiger partial charge in [0.05, 0.1) is 0 Å². The van der Waals surface area contributed by atoms with Gasteiger partial charge < -0.3 is 10.3 Å². The van der Waals surface area contributed by atoms with Crippen LogP contribution in [0, 0.1) is 5.82 Å². The molecule has 106 valence electrons. The molecule has 0 bridgehead atoms. The van der Waals surface area contributed by atoms with Gasteiger partial charge in [-0.1, -0.05) is 30.1 Å². The van der Waals surface area contributed by atoms with E-state index in [4.69, 9.17) is 10.3 Å². The topological polar surface area (TPSA) is 64.9 Å². The first-order valence-corrected chi connectivity index (χ1v) is 6.98. The van der Waals surface area contributed by atoms with Gasteiger partial charge in [-0.05, 0) is 30.5 Å². The number of rotatable bonds is 4. The highest BCUT2D eigenvalue weighted by molar-refractivity contribution is 5.19. The van der Waals surface area contributed by atoms with Gasteiger partial charge in [-0.15, -0.1) is 0 Å². The highest BCUT2D eigenvalue weighted by Gasteiger charge is 2.31. The van der Waals surface area contributed by atoms with Crippen LogP contribution < -0.4 is 5.73 Å². The van der Waals surface area contributed by atoms with E-state index >= 15 is 0 Å². The highest BCUT2D eigenvalue weighted by Crippen LogP contribution is 2.29. The first kappa shape index (κ1) is 13.2. The molecule has 2 N–H and O–H groups in total. The van der Waals surface area contributed by atoms with Crippen LogP contribution in [-0.4, -0.2) is 15.7 Å². The molecule has 2 aromatic rings. The van der Waals surface area contributed by atoms with Crippen molar-refractivity contribution >= 4 is 0 Å². The summed E-state index contributed by atoms with van der Waals surface area (Å²) in [6.07, 6.45) is 5.57. The summed E-state index contributed by atoms with van der Waals surface area (Å²) in [7, 11) is 0. The molecule has 0 saturated heterocycles. The normalized spacial score (nSPS) is 17.5. The van der Waals surface area contributed by atoms with Gasteiger partial charge in [0.15, 0.2) is 5.82 Å². The van der Waals surface area contributed by atoms with Crippen molar-refractivity contribution in [3.05, 3.63) is 47.4 Å². The minimum absolute atomic E-state index is 0.181. The first-order chi connectivity index (χ1) is 9.63. The summed E-state index contributed by atoms with van der Waals surface area (Å²) >= 11 is 0. The van der Waals surface area contributed by atoms with Crippen molar-refractivity contribution in [3.8, 4) is 0 Å². The van der Waals surface area contributed by atoms with Crippen LogP contribution in [0.4, 0.5) is 4.39 Å². The van der Waals surface area contributed by atoms with E-state index in [1.165, 1.54) is 25.0 Å². The molecule has 1 aromatic heterocycles. The van der Waals surface area contributed by atoms with Crippen LogP contribution >= 0.6 is 0 Å². The molecule has 20 heavy (non-hydrogen) atoms. The number of hydrogen-bond acceptors (Lipinski definition) is 4. The molecule has 1 fully saturated rings. The Kier molecular flexibility index (Phi) is 3.53. The maximum atomic E-state index is 12.8. The molecule has 4 nitrogen and oxygen atoms in total. The van der Waals surface area contributed by atoms with Gasteiger partial charge in [-0.25, -0.2) is 4.39 Å². The summed E-state index contributed by atoms with van der Waals surface area (Å²) in [5.74, 6) is 0.980. The molecule has 0 aliphatic heterocycles. The highest BCUT2D eigenvalue weighted by atomic mass is 19.1. The lowest BCUT2D eigenvalue weighted by atomic mass is 9.95. The van der Waals surface area contributed by atoms with Crippen molar-refractivity contribution in [2.75, 3.05) is 0 Å². The van der Waals surface area contributed by atoms with Crippen molar-refractivity contribution in [3.63, 3.8) is 0 Å². The molecule has 0 spiro atoms. The Morgan fingerprint density at radius 3 is 2.60 bits per heavy atom. The zero-order valence-electron chi connectivity index (χ0n) is 11.3. The lowest BCUT2D eigenvalue weighted by molar-refractivity contribution is 0.327. The molecule has 0 unspecified atom stereocenters. The molecule has 0 atom stereocenters. The fourth-order valence-electron chi connectivity index (χ4n) is 2.78.